The van der Waals surface area contributed by atoms with E-state index in [9.17, 15) is 4.79 Å². The van der Waals surface area contributed by atoms with Gasteiger partial charge in [0.2, 0.25) is 0 Å². The van der Waals surface area contributed by atoms with Gasteiger partial charge in [-0.3, -0.25) is 4.79 Å². The average Bonchev–Trinajstić information content (AvgIpc) is 3.26. The first-order valence-electron chi connectivity index (χ1n) is 9.20. The molecule has 0 saturated heterocycles. The van der Waals surface area contributed by atoms with Gasteiger partial charge in [-0.2, -0.15) is 0 Å². The molecular formula is C21H27N3O2S. The topological polar surface area (TPSA) is 56.1 Å². The largest absolute Gasteiger partial charge is 0.383 e. The Kier molecular flexibility index (Phi) is 5.97. The maximum atomic E-state index is 12.7. The van der Waals surface area contributed by atoms with Gasteiger partial charge in [-0.15, -0.1) is 11.3 Å². The Bertz CT molecular complexity index is 921. The zero-order chi connectivity index (χ0) is 19.4. The number of hydrogen-bond donors (Lipinski definition) is 1. The number of carbonyl (C=O) groups is 1. The molecule has 0 spiro atoms. The van der Waals surface area contributed by atoms with Gasteiger partial charge in [-0.25, -0.2) is 4.98 Å². The SMILES string of the molecule is COCCn1ccc2c(C(=O)NCCc3nc(C(C)(C)C)cs3)cccc21. The fourth-order valence-electron chi connectivity index (χ4n) is 2.95. The van der Waals surface area contributed by atoms with E-state index in [2.05, 4.69) is 41.0 Å². The van der Waals surface area contributed by atoms with Gasteiger partial charge in [0.05, 0.1) is 17.3 Å². The summed E-state index contributed by atoms with van der Waals surface area (Å²) in [4.78, 5) is 17.4. The number of ether oxygens (including phenoxy) is 1. The van der Waals surface area contributed by atoms with E-state index in [4.69, 9.17) is 4.74 Å². The maximum Gasteiger partial charge on any atom is 0.251 e. The second-order valence-corrected chi connectivity index (χ2v) is 8.57. The molecule has 0 bridgehead atoms. The van der Waals surface area contributed by atoms with E-state index in [1.54, 1.807) is 18.4 Å². The summed E-state index contributed by atoms with van der Waals surface area (Å²) in [5, 5.41) is 7.17. The summed E-state index contributed by atoms with van der Waals surface area (Å²) in [6.07, 6.45) is 2.75. The van der Waals surface area contributed by atoms with Crippen LogP contribution in [0.2, 0.25) is 0 Å². The Morgan fingerprint density at radius 1 is 1.30 bits per heavy atom. The quantitative estimate of drug-likeness (QED) is 0.668. The number of aromatic nitrogens is 2. The Labute approximate surface area is 164 Å². The predicted molar refractivity (Wildman–Crippen MR) is 111 cm³/mol. The second kappa shape index (κ2) is 8.23. The number of hydrogen-bond acceptors (Lipinski definition) is 4. The van der Waals surface area contributed by atoms with Crippen LogP contribution in [0.15, 0.2) is 35.8 Å². The van der Waals surface area contributed by atoms with Crippen LogP contribution in [0.3, 0.4) is 0 Å². The highest BCUT2D eigenvalue weighted by Crippen LogP contribution is 2.24. The van der Waals surface area contributed by atoms with Gasteiger partial charge >= 0.3 is 0 Å². The molecule has 0 aliphatic rings. The second-order valence-electron chi connectivity index (χ2n) is 7.62. The van der Waals surface area contributed by atoms with E-state index in [0.717, 1.165) is 34.6 Å². The van der Waals surface area contributed by atoms with Crippen molar-refractivity contribution in [1.82, 2.24) is 14.9 Å². The number of benzene rings is 1. The summed E-state index contributed by atoms with van der Waals surface area (Å²) in [6, 6.07) is 7.83. The lowest BCUT2D eigenvalue weighted by atomic mass is 9.93. The molecule has 0 radical (unpaired) electrons. The van der Waals surface area contributed by atoms with Gasteiger partial charge in [0.25, 0.3) is 5.91 Å². The summed E-state index contributed by atoms with van der Waals surface area (Å²) in [6.45, 7) is 8.47. The number of rotatable bonds is 7. The zero-order valence-corrected chi connectivity index (χ0v) is 17.2. The van der Waals surface area contributed by atoms with E-state index in [1.807, 2.05) is 30.5 Å². The molecule has 3 rings (SSSR count). The minimum atomic E-state index is -0.0438. The van der Waals surface area contributed by atoms with Crippen molar-refractivity contribution in [2.24, 2.45) is 0 Å². The highest BCUT2D eigenvalue weighted by molar-refractivity contribution is 7.09. The van der Waals surface area contributed by atoms with E-state index in [1.165, 1.54) is 0 Å². The zero-order valence-electron chi connectivity index (χ0n) is 16.4. The molecule has 0 atom stereocenters. The lowest BCUT2D eigenvalue weighted by Crippen LogP contribution is -2.25. The van der Waals surface area contributed by atoms with Crippen LogP contribution in [-0.2, 0) is 23.1 Å². The third-order valence-electron chi connectivity index (χ3n) is 4.54. The van der Waals surface area contributed by atoms with Crippen LogP contribution < -0.4 is 5.32 Å². The molecule has 2 heterocycles. The number of nitrogens with one attached hydrogen (secondary N) is 1. The molecule has 0 saturated carbocycles. The molecule has 5 nitrogen and oxygen atoms in total. The molecule has 3 aromatic rings. The van der Waals surface area contributed by atoms with Gasteiger partial charge in [-0.1, -0.05) is 26.8 Å². The van der Waals surface area contributed by atoms with Crippen LogP contribution in [0, 0.1) is 0 Å². The summed E-state index contributed by atoms with van der Waals surface area (Å²) >= 11 is 1.66. The third-order valence-corrected chi connectivity index (χ3v) is 5.45. The molecular weight excluding hydrogens is 358 g/mol. The van der Waals surface area contributed by atoms with E-state index in [0.29, 0.717) is 18.7 Å². The minimum absolute atomic E-state index is 0.0438. The number of nitrogens with zero attached hydrogens (tertiary/aromatic N) is 2. The summed E-state index contributed by atoms with van der Waals surface area (Å²) < 4.78 is 7.26. The Morgan fingerprint density at radius 3 is 2.81 bits per heavy atom. The molecule has 27 heavy (non-hydrogen) atoms. The van der Waals surface area contributed by atoms with Gasteiger partial charge < -0.3 is 14.6 Å². The highest BCUT2D eigenvalue weighted by atomic mass is 32.1. The summed E-state index contributed by atoms with van der Waals surface area (Å²) in [5.41, 5.74) is 2.92. The van der Waals surface area contributed by atoms with Crippen LogP contribution in [0.1, 0.15) is 41.8 Å². The highest BCUT2D eigenvalue weighted by Gasteiger charge is 2.17. The van der Waals surface area contributed by atoms with Crippen molar-refractivity contribution in [2.45, 2.75) is 39.2 Å². The smallest absolute Gasteiger partial charge is 0.251 e. The third kappa shape index (κ3) is 4.57. The molecule has 0 fully saturated rings. The van der Waals surface area contributed by atoms with Crippen molar-refractivity contribution in [3.05, 3.63) is 52.1 Å². The molecule has 144 valence electrons. The van der Waals surface area contributed by atoms with Crippen LogP contribution >= 0.6 is 11.3 Å². The van der Waals surface area contributed by atoms with Crippen molar-refractivity contribution < 1.29 is 9.53 Å². The van der Waals surface area contributed by atoms with Crippen molar-refractivity contribution in [1.29, 1.82) is 0 Å². The maximum absolute atomic E-state index is 12.7. The van der Waals surface area contributed by atoms with Crippen LogP contribution in [0.5, 0.6) is 0 Å². The van der Waals surface area contributed by atoms with E-state index < -0.39 is 0 Å². The van der Waals surface area contributed by atoms with Gasteiger partial charge in [0.1, 0.15) is 0 Å². The molecule has 1 aromatic carbocycles. The summed E-state index contributed by atoms with van der Waals surface area (Å²) in [7, 11) is 1.69. The molecule has 1 N–H and O–H groups in total. The summed E-state index contributed by atoms with van der Waals surface area (Å²) in [5.74, 6) is -0.0438. The first-order valence-corrected chi connectivity index (χ1v) is 10.1. The number of thiazole rings is 1. The number of carbonyl (C=O) groups excluding carboxylic acids is 1. The van der Waals surface area contributed by atoms with Crippen LogP contribution in [0.4, 0.5) is 0 Å². The number of amides is 1. The fraction of sp³-hybridized carbons (Fsp3) is 0.429. The number of methoxy groups -OCH3 is 1. The van der Waals surface area contributed by atoms with E-state index >= 15 is 0 Å². The van der Waals surface area contributed by atoms with Crippen molar-refractivity contribution in [2.75, 3.05) is 20.3 Å². The Morgan fingerprint density at radius 2 is 2.11 bits per heavy atom. The lowest BCUT2D eigenvalue weighted by Gasteiger charge is -2.14. The lowest BCUT2D eigenvalue weighted by molar-refractivity contribution is 0.0956. The van der Waals surface area contributed by atoms with Crippen LogP contribution in [0.25, 0.3) is 10.9 Å². The van der Waals surface area contributed by atoms with Crippen molar-refractivity contribution in [3.8, 4) is 0 Å². The molecule has 2 aromatic heterocycles. The van der Waals surface area contributed by atoms with Gasteiger partial charge in [-0.05, 0) is 18.2 Å². The Balaban J connectivity index is 1.64. The Hall–Kier alpha value is -2.18. The first-order chi connectivity index (χ1) is 12.9. The number of fused-ring (bicyclic) bond motifs is 1. The fourth-order valence-corrected chi connectivity index (χ4v) is 3.98. The molecule has 6 heteroatoms. The average molecular weight is 386 g/mol. The minimum Gasteiger partial charge on any atom is -0.383 e. The molecule has 0 aliphatic heterocycles. The molecule has 1 amide bonds. The predicted octanol–water partition coefficient (Wildman–Crippen LogP) is 4.01. The van der Waals surface area contributed by atoms with Crippen LogP contribution in [-0.4, -0.2) is 35.7 Å². The van der Waals surface area contributed by atoms with Crippen molar-refractivity contribution in [3.63, 3.8) is 0 Å². The molecule has 0 aliphatic carbocycles. The monoisotopic (exact) mass is 385 g/mol. The van der Waals surface area contributed by atoms with Gasteiger partial charge in [0.15, 0.2) is 0 Å². The first kappa shape index (κ1) is 19.6. The van der Waals surface area contributed by atoms with Gasteiger partial charge in [0, 0.05) is 60.1 Å². The van der Waals surface area contributed by atoms with Crippen molar-refractivity contribution >= 4 is 28.1 Å². The molecule has 0 unspecified atom stereocenters. The van der Waals surface area contributed by atoms with E-state index in [-0.39, 0.29) is 11.3 Å². The standard InChI is InChI=1S/C21H27N3O2S/c1-21(2,3)18-14-27-19(23-18)8-10-22-20(25)16-6-5-7-17-15(16)9-11-24(17)12-13-26-4/h5-7,9,11,14H,8,10,12-13H2,1-4H3,(H,22,25). The normalized spacial score (nSPS) is 11.9.